The second-order valence-electron chi connectivity index (χ2n) is 4.13. The summed E-state index contributed by atoms with van der Waals surface area (Å²) in [7, 11) is 1.73. The first kappa shape index (κ1) is 11.0. The molecule has 0 aromatic heterocycles. The second-order valence-corrected chi connectivity index (χ2v) is 5.04. The molecule has 1 aliphatic heterocycles. The maximum atomic E-state index is 5.40. The fourth-order valence-corrected chi connectivity index (χ4v) is 2.58. The Labute approximate surface area is 99.1 Å². The van der Waals surface area contributed by atoms with Crippen LogP contribution in [0.3, 0.4) is 0 Å². The number of hydrogen-bond donors (Lipinski definition) is 1. The number of benzene rings is 1. The Balaban J connectivity index is 2.29. The molecule has 0 radical (unpaired) electrons. The van der Waals surface area contributed by atoms with Gasteiger partial charge in [-0.05, 0) is 37.1 Å². The highest BCUT2D eigenvalue weighted by Gasteiger charge is 2.24. The topological polar surface area (TPSA) is 21.3 Å². The SMILES string of the molecule is COc1ccc(Br)cc1C1CNC(C)C1. The van der Waals surface area contributed by atoms with Gasteiger partial charge in [0.05, 0.1) is 7.11 Å². The van der Waals surface area contributed by atoms with E-state index >= 15 is 0 Å². The Morgan fingerprint density at radius 3 is 2.87 bits per heavy atom. The molecule has 0 bridgehead atoms. The lowest BCUT2D eigenvalue weighted by atomic mass is 9.96. The van der Waals surface area contributed by atoms with Gasteiger partial charge in [-0.2, -0.15) is 0 Å². The highest BCUT2D eigenvalue weighted by molar-refractivity contribution is 9.10. The Hall–Kier alpha value is -0.540. The summed E-state index contributed by atoms with van der Waals surface area (Å²) in [5.41, 5.74) is 1.31. The summed E-state index contributed by atoms with van der Waals surface area (Å²) in [6, 6.07) is 6.83. The molecule has 2 atom stereocenters. The van der Waals surface area contributed by atoms with E-state index in [1.165, 1.54) is 12.0 Å². The van der Waals surface area contributed by atoms with Crippen molar-refractivity contribution in [1.29, 1.82) is 0 Å². The maximum absolute atomic E-state index is 5.40. The van der Waals surface area contributed by atoms with Crippen LogP contribution in [0, 0.1) is 0 Å². The predicted molar refractivity (Wildman–Crippen MR) is 65.5 cm³/mol. The van der Waals surface area contributed by atoms with E-state index in [1.54, 1.807) is 7.11 Å². The highest BCUT2D eigenvalue weighted by atomic mass is 79.9. The zero-order valence-corrected chi connectivity index (χ0v) is 10.7. The maximum Gasteiger partial charge on any atom is 0.122 e. The number of ether oxygens (including phenoxy) is 1. The second kappa shape index (κ2) is 4.54. The first-order valence-corrected chi connectivity index (χ1v) is 6.07. The van der Waals surface area contributed by atoms with E-state index in [0.29, 0.717) is 12.0 Å². The zero-order chi connectivity index (χ0) is 10.8. The molecule has 2 rings (SSSR count). The van der Waals surface area contributed by atoms with E-state index in [0.717, 1.165) is 16.8 Å². The van der Waals surface area contributed by atoms with Crippen LogP contribution in [0.5, 0.6) is 5.75 Å². The average Bonchev–Trinajstić information content (AvgIpc) is 2.65. The van der Waals surface area contributed by atoms with Crippen molar-refractivity contribution >= 4 is 15.9 Å². The summed E-state index contributed by atoms with van der Waals surface area (Å²) in [6.45, 7) is 3.28. The quantitative estimate of drug-likeness (QED) is 0.892. The Bertz CT molecular complexity index is 353. The van der Waals surface area contributed by atoms with Crippen molar-refractivity contribution in [2.24, 2.45) is 0 Å². The lowest BCUT2D eigenvalue weighted by Gasteiger charge is -2.14. The van der Waals surface area contributed by atoms with Crippen LogP contribution in [0.4, 0.5) is 0 Å². The molecule has 1 saturated heterocycles. The van der Waals surface area contributed by atoms with Crippen molar-refractivity contribution in [3.63, 3.8) is 0 Å². The number of nitrogens with one attached hydrogen (secondary N) is 1. The van der Waals surface area contributed by atoms with Crippen LogP contribution in [0.1, 0.15) is 24.8 Å². The van der Waals surface area contributed by atoms with Crippen molar-refractivity contribution < 1.29 is 4.74 Å². The van der Waals surface area contributed by atoms with Gasteiger partial charge in [-0.25, -0.2) is 0 Å². The van der Waals surface area contributed by atoms with E-state index in [9.17, 15) is 0 Å². The van der Waals surface area contributed by atoms with Crippen LogP contribution in [0.2, 0.25) is 0 Å². The molecule has 1 aromatic rings. The third kappa shape index (κ3) is 2.34. The normalized spacial score (nSPS) is 25.5. The van der Waals surface area contributed by atoms with E-state index in [2.05, 4.69) is 34.2 Å². The van der Waals surface area contributed by atoms with Gasteiger partial charge in [0.2, 0.25) is 0 Å². The van der Waals surface area contributed by atoms with Crippen molar-refractivity contribution in [3.05, 3.63) is 28.2 Å². The van der Waals surface area contributed by atoms with Crippen LogP contribution < -0.4 is 10.1 Å². The first-order valence-electron chi connectivity index (χ1n) is 5.27. The van der Waals surface area contributed by atoms with Gasteiger partial charge in [-0.15, -0.1) is 0 Å². The number of halogens is 1. The predicted octanol–water partition coefficient (Wildman–Crippen LogP) is 2.92. The minimum absolute atomic E-state index is 0.576. The summed E-state index contributed by atoms with van der Waals surface area (Å²) >= 11 is 3.51. The van der Waals surface area contributed by atoms with Gasteiger partial charge < -0.3 is 10.1 Å². The van der Waals surface area contributed by atoms with E-state index in [1.807, 2.05) is 12.1 Å². The zero-order valence-electron chi connectivity index (χ0n) is 9.09. The van der Waals surface area contributed by atoms with Crippen LogP contribution in [0.15, 0.2) is 22.7 Å². The average molecular weight is 270 g/mol. The number of hydrogen-bond acceptors (Lipinski definition) is 2. The minimum Gasteiger partial charge on any atom is -0.496 e. The highest BCUT2D eigenvalue weighted by Crippen LogP contribution is 2.34. The molecule has 1 fully saturated rings. The summed E-state index contributed by atoms with van der Waals surface area (Å²) in [5, 5.41) is 3.47. The summed E-state index contributed by atoms with van der Waals surface area (Å²) in [4.78, 5) is 0. The molecule has 0 aliphatic carbocycles. The number of rotatable bonds is 2. The summed E-state index contributed by atoms with van der Waals surface area (Å²) in [6.07, 6.45) is 1.19. The summed E-state index contributed by atoms with van der Waals surface area (Å²) in [5.74, 6) is 1.58. The summed E-state index contributed by atoms with van der Waals surface area (Å²) < 4.78 is 6.52. The third-order valence-corrected chi connectivity index (χ3v) is 3.48. The monoisotopic (exact) mass is 269 g/mol. The van der Waals surface area contributed by atoms with Gasteiger partial charge in [0, 0.05) is 23.0 Å². The molecule has 2 unspecified atom stereocenters. The molecule has 82 valence electrons. The molecule has 1 aliphatic rings. The van der Waals surface area contributed by atoms with Gasteiger partial charge in [0.15, 0.2) is 0 Å². The molecule has 1 aromatic carbocycles. The van der Waals surface area contributed by atoms with E-state index < -0.39 is 0 Å². The van der Waals surface area contributed by atoms with Crippen LogP contribution in [0.25, 0.3) is 0 Å². The molecule has 2 nitrogen and oxygen atoms in total. The minimum atomic E-state index is 0.576. The van der Waals surface area contributed by atoms with Crippen LogP contribution >= 0.6 is 15.9 Å². The standard InChI is InChI=1S/C12H16BrNO/c1-8-5-9(7-14-8)11-6-10(13)3-4-12(11)15-2/h3-4,6,8-9,14H,5,7H2,1-2H3. The molecule has 1 heterocycles. The first-order chi connectivity index (χ1) is 7.20. The lowest BCUT2D eigenvalue weighted by Crippen LogP contribution is -2.16. The Kier molecular flexibility index (Phi) is 3.32. The van der Waals surface area contributed by atoms with E-state index in [4.69, 9.17) is 4.74 Å². The molecular weight excluding hydrogens is 254 g/mol. The van der Waals surface area contributed by atoms with Crippen molar-refractivity contribution in [2.75, 3.05) is 13.7 Å². The molecule has 0 amide bonds. The van der Waals surface area contributed by atoms with Crippen molar-refractivity contribution in [3.8, 4) is 5.75 Å². The fraction of sp³-hybridized carbons (Fsp3) is 0.500. The molecule has 0 spiro atoms. The molecule has 3 heteroatoms. The van der Waals surface area contributed by atoms with Gasteiger partial charge >= 0.3 is 0 Å². The number of methoxy groups -OCH3 is 1. The Morgan fingerprint density at radius 1 is 1.47 bits per heavy atom. The lowest BCUT2D eigenvalue weighted by molar-refractivity contribution is 0.406. The van der Waals surface area contributed by atoms with E-state index in [-0.39, 0.29) is 0 Å². The Morgan fingerprint density at radius 2 is 2.27 bits per heavy atom. The van der Waals surface area contributed by atoms with Crippen LogP contribution in [-0.4, -0.2) is 19.7 Å². The molecular formula is C12H16BrNO. The van der Waals surface area contributed by atoms with Gasteiger partial charge in [-0.1, -0.05) is 15.9 Å². The van der Waals surface area contributed by atoms with Gasteiger partial charge in [0.25, 0.3) is 0 Å². The van der Waals surface area contributed by atoms with Gasteiger partial charge in [0.1, 0.15) is 5.75 Å². The smallest absolute Gasteiger partial charge is 0.122 e. The molecule has 15 heavy (non-hydrogen) atoms. The van der Waals surface area contributed by atoms with Crippen molar-refractivity contribution in [1.82, 2.24) is 5.32 Å². The fourth-order valence-electron chi connectivity index (χ4n) is 2.20. The third-order valence-electron chi connectivity index (χ3n) is 2.98. The van der Waals surface area contributed by atoms with Crippen molar-refractivity contribution in [2.45, 2.75) is 25.3 Å². The molecule has 1 N–H and O–H groups in total. The molecule has 0 saturated carbocycles. The van der Waals surface area contributed by atoms with Gasteiger partial charge in [-0.3, -0.25) is 0 Å². The largest absolute Gasteiger partial charge is 0.496 e. The van der Waals surface area contributed by atoms with Crippen LogP contribution in [-0.2, 0) is 0 Å².